The van der Waals surface area contributed by atoms with Gasteiger partial charge in [-0.25, -0.2) is 4.79 Å². The number of anilines is 1. The number of primary amides is 1. The van der Waals surface area contributed by atoms with Crippen LogP contribution in [0.25, 0.3) is 0 Å². The van der Waals surface area contributed by atoms with Crippen molar-refractivity contribution in [2.75, 3.05) is 11.9 Å². The standard InChI is InChI=1S/C23H28N2O4S/c1-6-29-22(28)17-12(2)18(19(24)26)30-21(17)25-20(27)16-11-15(16)13-7-9-14(10-8-13)23(3,4)5/h7-10,15-16H,6,11H2,1-5H3,(H2,24,26)(H,25,27)/t15-,16+/m1/s1. The van der Waals surface area contributed by atoms with Gasteiger partial charge in [-0.1, -0.05) is 45.0 Å². The number of thiophene rings is 1. The Morgan fingerprint density at radius 1 is 1.20 bits per heavy atom. The van der Waals surface area contributed by atoms with Crippen LogP contribution in [0.3, 0.4) is 0 Å². The molecule has 1 saturated carbocycles. The van der Waals surface area contributed by atoms with Gasteiger partial charge in [0.2, 0.25) is 5.91 Å². The van der Waals surface area contributed by atoms with Crippen molar-refractivity contribution in [2.45, 2.75) is 52.4 Å². The maximum atomic E-state index is 12.8. The van der Waals surface area contributed by atoms with Crippen LogP contribution in [0.1, 0.15) is 76.8 Å². The third-order valence-corrected chi connectivity index (χ3v) is 6.64. The van der Waals surface area contributed by atoms with Crippen molar-refractivity contribution in [2.24, 2.45) is 11.7 Å². The molecule has 0 radical (unpaired) electrons. The SMILES string of the molecule is CCOC(=O)c1c(NC(=O)[C@H]2C[C@@H]2c2ccc(C(C)(C)C)cc2)sc(C(N)=O)c1C. The summed E-state index contributed by atoms with van der Waals surface area (Å²) in [6.07, 6.45) is 0.752. The number of ether oxygens (including phenoxy) is 1. The van der Waals surface area contributed by atoms with E-state index in [0.717, 1.165) is 23.3 Å². The molecule has 0 aliphatic heterocycles. The van der Waals surface area contributed by atoms with E-state index in [-0.39, 0.29) is 40.2 Å². The number of carbonyl (C=O) groups excluding carboxylic acids is 3. The number of hydrogen-bond donors (Lipinski definition) is 2. The molecule has 160 valence electrons. The van der Waals surface area contributed by atoms with Gasteiger partial charge in [0.1, 0.15) is 5.00 Å². The van der Waals surface area contributed by atoms with Gasteiger partial charge in [0.25, 0.3) is 5.91 Å². The normalized spacial score (nSPS) is 18.0. The first-order valence-electron chi connectivity index (χ1n) is 10.1. The summed E-state index contributed by atoms with van der Waals surface area (Å²) in [5, 5.41) is 3.15. The van der Waals surface area contributed by atoms with Crippen LogP contribution >= 0.6 is 11.3 Å². The Hall–Kier alpha value is -2.67. The molecule has 7 heteroatoms. The van der Waals surface area contributed by atoms with E-state index in [9.17, 15) is 14.4 Å². The summed E-state index contributed by atoms with van der Waals surface area (Å²) in [5.74, 6) is -1.38. The lowest BCUT2D eigenvalue weighted by molar-refractivity contribution is -0.117. The minimum absolute atomic E-state index is 0.0809. The molecule has 3 rings (SSSR count). The molecule has 1 aromatic heterocycles. The second-order valence-electron chi connectivity index (χ2n) is 8.65. The van der Waals surface area contributed by atoms with Crippen molar-refractivity contribution in [3.8, 4) is 0 Å². The molecule has 0 unspecified atom stereocenters. The first-order valence-corrected chi connectivity index (χ1v) is 10.9. The third-order valence-electron chi connectivity index (χ3n) is 5.42. The first kappa shape index (κ1) is 22.0. The van der Waals surface area contributed by atoms with Crippen LogP contribution in [0.2, 0.25) is 0 Å². The molecule has 0 spiro atoms. The highest BCUT2D eigenvalue weighted by Gasteiger charge is 2.44. The molecule has 1 heterocycles. The predicted octanol–water partition coefficient (Wildman–Crippen LogP) is 4.37. The van der Waals surface area contributed by atoms with Gasteiger partial charge >= 0.3 is 5.97 Å². The molecule has 0 bridgehead atoms. The van der Waals surface area contributed by atoms with E-state index in [2.05, 4.69) is 50.4 Å². The highest BCUT2D eigenvalue weighted by Crippen LogP contribution is 2.48. The van der Waals surface area contributed by atoms with Gasteiger partial charge in [-0.15, -0.1) is 11.3 Å². The van der Waals surface area contributed by atoms with Gasteiger partial charge in [-0.3, -0.25) is 9.59 Å². The summed E-state index contributed by atoms with van der Waals surface area (Å²) in [7, 11) is 0. The zero-order chi connectivity index (χ0) is 22.2. The van der Waals surface area contributed by atoms with Crippen molar-refractivity contribution in [1.82, 2.24) is 0 Å². The lowest BCUT2D eigenvalue weighted by atomic mass is 9.86. The molecule has 3 N–H and O–H groups in total. The first-order chi connectivity index (χ1) is 14.0. The number of rotatable bonds is 6. The largest absolute Gasteiger partial charge is 0.462 e. The van der Waals surface area contributed by atoms with Gasteiger partial charge in [-0.2, -0.15) is 0 Å². The topological polar surface area (TPSA) is 98.5 Å². The fraction of sp³-hybridized carbons (Fsp3) is 0.435. The van der Waals surface area contributed by atoms with Crippen molar-refractivity contribution in [3.05, 3.63) is 51.4 Å². The summed E-state index contributed by atoms with van der Waals surface area (Å²) in [4.78, 5) is 37.2. The van der Waals surface area contributed by atoms with Crippen LogP contribution < -0.4 is 11.1 Å². The molecule has 2 aromatic rings. The highest BCUT2D eigenvalue weighted by molar-refractivity contribution is 7.18. The Bertz CT molecular complexity index is 986. The van der Waals surface area contributed by atoms with Crippen molar-refractivity contribution < 1.29 is 19.1 Å². The van der Waals surface area contributed by atoms with Crippen LogP contribution in [0.15, 0.2) is 24.3 Å². The van der Waals surface area contributed by atoms with Crippen molar-refractivity contribution >= 4 is 34.1 Å². The van der Waals surface area contributed by atoms with Crippen LogP contribution in [0.4, 0.5) is 5.00 Å². The Morgan fingerprint density at radius 2 is 1.83 bits per heavy atom. The average molecular weight is 429 g/mol. The molecule has 2 atom stereocenters. The minimum atomic E-state index is -0.633. The van der Waals surface area contributed by atoms with Gasteiger partial charge in [0, 0.05) is 5.92 Å². The molecule has 30 heavy (non-hydrogen) atoms. The van der Waals surface area contributed by atoms with Crippen LogP contribution in [-0.2, 0) is 14.9 Å². The number of nitrogens with two attached hydrogens (primary N) is 1. The molecular weight excluding hydrogens is 400 g/mol. The number of benzene rings is 1. The quantitative estimate of drug-likeness (QED) is 0.667. The van der Waals surface area contributed by atoms with E-state index in [4.69, 9.17) is 10.5 Å². The molecule has 2 amide bonds. The number of amides is 2. The van der Waals surface area contributed by atoms with Gasteiger partial charge in [0.15, 0.2) is 0 Å². The number of esters is 1. The molecule has 1 aromatic carbocycles. The third kappa shape index (κ3) is 4.41. The van der Waals surface area contributed by atoms with Gasteiger partial charge in [0.05, 0.1) is 17.0 Å². The van der Waals surface area contributed by atoms with Crippen LogP contribution in [-0.4, -0.2) is 24.4 Å². The number of carbonyl (C=O) groups is 3. The number of nitrogens with one attached hydrogen (secondary N) is 1. The lowest BCUT2D eigenvalue weighted by Crippen LogP contribution is -2.17. The second-order valence-corrected chi connectivity index (χ2v) is 9.68. The minimum Gasteiger partial charge on any atom is -0.462 e. The second kappa shape index (κ2) is 8.22. The molecule has 1 aliphatic carbocycles. The molecule has 1 aliphatic rings. The van der Waals surface area contributed by atoms with Gasteiger partial charge < -0.3 is 15.8 Å². The molecule has 0 saturated heterocycles. The summed E-state index contributed by atoms with van der Waals surface area (Å²) in [6, 6.07) is 8.40. The van der Waals surface area contributed by atoms with E-state index in [1.54, 1.807) is 13.8 Å². The Kier molecular flexibility index (Phi) is 6.04. The Morgan fingerprint density at radius 3 is 2.37 bits per heavy atom. The van der Waals surface area contributed by atoms with E-state index < -0.39 is 11.9 Å². The fourth-order valence-corrected chi connectivity index (χ4v) is 4.62. The van der Waals surface area contributed by atoms with E-state index in [1.807, 2.05) is 0 Å². The summed E-state index contributed by atoms with van der Waals surface area (Å²) in [5.41, 5.74) is 8.53. The Labute approximate surface area is 180 Å². The maximum absolute atomic E-state index is 12.8. The smallest absolute Gasteiger partial charge is 0.341 e. The van der Waals surface area contributed by atoms with E-state index >= 15 is 0 Å². The highest BCUT2D eigenvalue weighted by atomic mass is 32.1. The molecule has 6 nitrogen and oxygen atoms in total. The monoisotopic (exact) mass is 428 g/mol. The average Bonchev–Trinajstić information content (AvgIpc) is 3.39. The van der Waals surface area contributed by atoms with Crippen molar-refractivity contribution in [1.29, 1.82) is 0 Å². The fourth-order valence-electron chi connectivity index (χ4n) is 3.57. The summed E-state index contributed by atoms with van der Waals surface area (Å²) in [6.45, 7) is 10.0. The van der Waals surface area contributed by atoms with Crippen molar-refractivity contribution in [3.63, 3.8) is 0 Å². The maximum Gasteiger partial charge on any atom is 0.341 e. The molecule has 1 fully saturated rings. The van der Waals surface area contributed by atoms with Gasteiger partial charge in [-0.05, 0) is 48.3 Å². The van der Waals surface area contributed by atoms with Crippen LogP contribution in [0, 0.1) is 12.8 Å². The van der Waals surface area contributed by atoms with Crippen LogP contribution in [0.5, 0.6) is 0 Å². The van der Waals surface area contributed by atoms with E-state index in [1.165, 1.54) is 5.56 Å². The summed E-state index contributed by atoms with van der Waals surface area (Å²) >= 11 is 1.02. The molecular formula is C23H28N2O4S. The lowest BCUT2D eigenvalue weighted by Gasteiger charge is -2.19. The zero-order valence-electron chi connectivity index (χ0n) is 18.0. The Balaban J connectivity index is 1.76. The summed E-state index contributed by atoms with van der Waals surface area (Å²) < 4.78 is 5.09. The predicted molar refractivity (Wildman–Crippen MR) is 118 cm³/mol. The number of hydrogen-bond acceptors (Lipinski definition) is 5. The zero-order valence-corrected chi connectivity index (χ0v) is 18.8. The van der Waals surface area contributed by atoms with E-state index in [0.29, 0.717) is 10.6 Å².